The fourth-order valence-electron chi connectivity index (χ4n) is 2.41. The van der Waals surface area contributed by atoms with Crippen LogP contribution in [0.4, 0.5) is 28.8 Å². The summed E-state index contributed by atoms with van der Waals surface area (Å²) in [6, 6.07) is 12.1. The molecule has 0 aliphatic rings. The van der Waals surface area contributed by atoms with E-state index in [9.17, 15) is 0 Å². The molecule has 0 saturated heterocycles. The van der Waals surface area contributed by atoms with E-state index in [4.69, 9.17) is 5.73 Å². The number of hydrogen-bond donors (Lipinski definition) is 3. The monoisotopic (exact) mass is 334 g/mol. The summed E-state index contributed by atoms with van der Waals surface area (Å²) in [4.78, 5) is 12.8. The molecule has 0 unspecified atom stereocenters. The van der Waals surface area contributed by atoms with Gasteiger partial charge in [-0.05, 0) is 42.2 Å². The summed E-state index contributed by atoms with van der Waals surface area (Å²) in [5, 5.41) is 6.41. The van der Waals surface area contributed by atoms with Crippen LogP contribution in [-0.2, 0) is 0 Å². The van der Waals surface area contributed by atoms with Gasteiger partial charge in [0.15, 0.2) is 11.6 Å². The van der Waals surface area contributed by atoms with Crippen molar-refractivity contribution in [3.05, 3.63) is 60.0 Å². The minimum Gasteiger partial charge on any atom is -0.393 e. The van der Waals surface area contributed by atoms with Crippen LogP contribution in [0.2, 0.25) is 0 Å². The highest BCUT2D eigenvalue weighted by Crippen LogP contribution is 2.28. The standard InChI is InChI=1S/C19H22N6/c1-12(2)14-6-8-15(9-7-14)24-18-16(20)19(23-11-22-18)25-17-13(3)5-4-10-21-17/h4-12H,20H2,1-3H3,(H2,21,22,23,24,25). The lowest BCUT2D eigenvalue weighted by Crippen LogP contribution is -2.06. The lowest BCUT2D eigenvalue weighted by atomic mass is 10.0. The molecule has 0 radical (unpaired) electrons. The SMILES string of the molecule is Cc1cccnc1Nc1ncnc(Nc2ccc(C(C)C)cc2)c1N. The van der Waals surface area contributed by atoms with E-state index in [0.29, 0.717) is 23.2 Å². The summed E-state index contributed by atoms with van der Waals surface area (Å²) in [6.45, 7) is 6.31. The number of hydrogen-bond acceptors (Lipinski definition) is 6. The molecular formula is C19H22N6. The zero-order valence-corrected chi connectivity index (χ0v) is 14.6. The number of anilines is 5. The molecule has 0 spiro atoms. The molecule has 128 valence electrons. The van der Waals surface area contributed by atoms with Crippen molar-refractivity contribution >= 4 is 28.8 Å². The molecule has 2 aromatic heterocycles. The summed E-state index contributed by atoms with van der Waals surface area (Å²) in [5.74, 6) is 2.30. The van der Waals surface area contributed by atoms with Crippen LogP contribution in [0.1, 0.15) is 30.9 Å². The Kier molecular flexibility index (Phi) is 4.79. The van der Waals surface area contributed by atoms with Gasteiger partial charge in [0, 0.05) is 11.9 Å². The molecule has 2 heterocycles. The maximum Gasteiger partial charge on any atom is 0.160 e. The Morgan fingerprint density at radius 2 is 1.56 bits per heavy atom. The number of rotatable bonds is 5. The van der Waals surface area contributed by atoms with E-state index in [1.54, 1.807) is 6.20 Å². The minimum atomic E-state index is 0.445. The number of nitrogens with zero attached hydrogens (tertiary/aromatic N) is 3. The van der Waals surface area contributed by atoms with Gasteiger partial charge >= 0.3 is 0 Å². The maximum absolute atomic E-state index is 6.23. The van der Waals surface area contributed by atoms with Gasteiger partial charge in [-0.25, -0.2) is 15.0 Å². The number of benzene rings is 1. The maximum atomic E-state index is 6.23. The fourth-order valence-corrected chi connectivity index (χ4v) is 2.41. The van der Waals surface area contributed by atoms with Crippen molar-refractivity contribution in [2.75, 3.05) is 16.4 Å². The van der Waals surface area contributed by atoms with Crippen molar-refractivity contribution in [3.63, 3.8) is 0 Å². The number of nitrogen functional groups attached to an aromatic ring is 1. The van der Waals surface area contributed by atoms with Gasteiger partial charge in [-0.3, -0.25) is 0 Å². The predicted molar refractivity (Wildman–Crippen MR) is 103 cm³/mol. The Balaban J connectivity index is 1.82. The number of pyridine rings is 1. The lowest BCUT2D eigenvalue weighted by molar-refractivity contribution is 0.867. The van der Waals surface area contributed by atoms with Gasteiger partial charge in [-0.15, -0.1) is 0 Å². The van der Waals surface area contributed by atoms with E-state index in [2.05, 4.69) is 51.6 Å². The quantitative estimate of drug-likeness (QED) is 0.642. The molecule has 0 amide bonds. The Bertz CT molecular complexity index is 858. The van der Waals surface area contributed by atoms with Gasteiger partial charge in [0.05, 0.1) is 0 Å². The van der Waals surface area contributed by atoms with Crippen molar-refractivity contribution in [1.82, 2.24) is 15.0 Å². The first-order valence-electron chi connectivity index (χ1n) is 8.20. The lowest BCUT2D eigenvalue weighted by Gasteiger charge is -2.13. The second kappa shape index (κ2) is 7.17. The van der Waals surface area contributed by atoms with E-state index in [1.165, 1.54) is 11.9 Å². The number of aryl methyl sites for hydroxylation is 1. The largest absolute Gasteiger partial charge is 0.393 e. The summed E-state index contributed by atoms with van der Waals surface area (Å²) < 4.78 is 0. The fraction of sp³-hybridized carbons (Fsp3) is 0.211. The Morgan fingerprint density at radius 1 is 0.880 bits per heavy atom. The van der Waals surface area contributed by atoms with Crippen molar-refractivity contribution in [1.29, 1.82) is 0 Å². The average Bonchev–Trinajstić information content (AvgIpc) is 2.61. The van der Waals surface area contributed by atoms with Crippen LogP contribution in [-0.4, -0.2) is 15.0 Å². The van der Waals surface area contributed by atoms with Crippen LogP contribution in [0.15, 0.2) is 48.9 Å². The van der Waals surface area contributed by atoms with E-state index >= 15 is 0 Å². The van der Waals surface area contributed by atoms with Crippen LogP contribution in [0.5, 0.6) is 0 Å². The van der Waals surface area contributed by atoms with Crippen LogP contribution in [0.25, 0.3) is 0 Å². The van der Waals surface area contributed by atoms with Crippen LogP contribution in [0, 0.1) is 6.92 Å². The molecule has 25 heavy (non-hydrogen) atoms. The van der Waals surface area contributed by atoms with Gasteiger partial charge in [0.2, 0.25) is 0 Å². The number of aromatic nitrogens is 3. The van der Waals surface area contributed by atoms with Crippen LogP contribution >= 0.6 is 0 Å². The van der Waals surface area contributed by atoms with Crippen LogP contribution in [0.3, 0.4) is 0 Å². The molecule has 6 heteroatoms. The second-order valence-corrected chi connectivity index (χ2v) is 6.18. The molecule has 0 atom stereocenters. The first-order valence-corrected chi connectivity index (χ1v) is 8.20. The Hall–Kier alpha value is -3.15. The number of nitrogens with one attached hydrogen (secondary N) is 2. The third-order valence-electron chi connectivity index (χ3n) is 3.97. The first-order chi connectivity index (χ1) is 12.0. The highest BCUT2D eigenvalue weighted by atomic mass is 15.1. The predicted octanol–water partition coefficient (Wildman–Crippen LogP) is 4.37. The topological polar surface area (TPSA) is 88.8 Å². The molecular weight excluding hydrogens is 312 g/mol. The molecule has 0 saturated carbocycles. The summed E-state index contributed by atoms with van der Waals surface area (Å²) in [7, 11) is 0. The third-order valence-corrected chi connectivity index (χ3v) is 3.97. The molecule has 0 fully saturated rings. The van der Waals surface area contributed by atoms with E-state index in [0.717, 1.165) is 17.1 Å². The van der Waals surface area contributed by atoms with Crippen molar-refractivity contribution in [2.45, 2.75) is 26.7 Å². The van der Waals surface area contributed by atoms with Crippen molar-refractivity contribution in [2.24, 2.45) is 0 Å². The van der Waals surface area contributed by atoms with Gasteiger partial charge in [0.1, 0.15) is 17.8 Å². The third kappa shape index (κ3) is 3.85. The number of nitrogens with two attached hydrogens (primary N) is 1. The van der Waals surface area contributed by atoms with E-state index in [1.807, 2.05) is 31.2 Å². The average molecular weight is 334 g/mol. The Labute approximate surface area is 147 Å². The minimum absolute atomic E-state index is 0.445. The molecule has 4 N–H and O–H groups in total. The van der Waals surface area contributed by atoms with Crippen molar-refractivity contribution < 1.29 is 0 Å². The van der Waals surface area contributed by atoms with Gasteiger partial charge in [-0.1, -0.05) is 32.0 Å². The van der Waals surface area contributed by atoms with Crippen LogP contribution < -0.4 is 16.4 Å². The molecule has 0 aliphatic carbocycles. The van der Waals surface area contributed by atoms with Gasteiger partial charge in [0.25, 0.3) is 0 Å². The molecule has 3 aromatic rings. The van der Waals surface area contributed by atoms with E-state index < -0.39 is 0 Å². The summed E-state index contributed by atoms with van der Waals surface area (Å²) in [6.07, 6.45) is 3.20. The molecule has 0 aliphatic heterocycles. The second-order valence-electron chi connectivity index (χ2n) is 6.18. The molecule has 6 nitrogen and oxygen atoms in total. The highest BCUT2D eigenvalue weighted by molar-refractivity contribution is 5.80. The smallest absolute Gasteiger partial charge is 0.160 e. The first kappa shape index (κ1) is 16.7. The molecule has 0 bridgehead atoms. The van der Waals surface area contributed by atoms with E-state index in [-0.39, 0.29) is 0 Å². The zero-order chi connectivity index (χ0) is 17.8. The Morgan fingerprint density at radius 3 is 2.20 bits per heavy atom. The van der Waals surface area contributed by atoms with Gasteiger partial charge in [-0.2, -0.15) is 0 Å². The summed E-state index contributed by atoms with van der Waals surface area (Å²) in [5.41, 5.74) is 9.90. The van der Waals surface area contributed by atoms with Crippen molar-refractivity contribution in [3.8, 4) is 0 Å². The zero-order valence-electron chi connectivity index (χ0n) is 14.6. The molecule has 3 rings (SSSR count). The highest BCUT2D eigenvalue weighted by Gasteiger charge is 2.10. The van der Waals surface area contributed by atoms with Gasteiger partial charge < -0.3 is 16.4 Å². The molecule has 1 aromatic carbocycles. The normalized spacial score (nSPS) is 10.7. The summed E-state index contributed by atoms with van der Waals surface area (Å²) >= 11 is 0.